The minimum absolute atomic E-state index is 0.0515. The zero-order valence-electron chi connectivity index (χ0n) is 23.8. The highest BCUT2D eigenvalue weighted by atomic mass is 35.5. The lowest BCUT2D eigenvalue weighted by molar-refractivity contribution is -0.154. The standard InChI is InChI=1S/C30H42ClN5O4S/c1-19-25(14-21(31)17-33-19)34-18-24-10-11-27(41-24)30(39)36-26(13-20-7-4-5-8-20)29(38)35-22-15-23(16-22)40-28(37)9-3-2-6-12-32/h10-11,14,17,20,22-23,26,34H,2-9,12-13,15-16,18,32H2,1H3,(H,35,38)(H,36,39). The fraction of sp³-hybridized carbons (Fsp3) is 0.600. The van der Waals surface area contributed by atoms with Gasteiger partial charge in [0.2, 0.25) is 5.91 Å². The SMILES string of the molecule is Cc1ncc(Cl)cc1NCc1ccc(C(=O)NC(CC2CCCC2)C(=O)NC2CC(OC(=O)CCCCCN)C2)s1. The van der Waals surface area contributed by atoms with E-state index in [1.54, 1.807) is 12.3 Å². The molecule has 2 fully saturated rings. The van der Waals surface area contributed by atoms with Crippen LogP contribution in [0, 0.1) is 12.8 Å². The molecule has 1 unspecified atom stereocenters. The summed E-state index contributed by atoms with van der Waals surface area (Å²) < 4.78 is 5.53. The number of nitrogens with two attached hydrogens (primary N) is 1. The van der Waals surface area contributed by atoms with Crippen LogP contribution in [-0.4, -0.2) is 47.5 Å². The molecule has 1 atom stereocenters. The molecule has 0 aromatic carbocycles. The van der Waals surface area contributed by atoms with E-state index in [9.17, 15) is 14.4 Å². The second kappa shape index (κ2) is 15.5. The molecule has 0 aliphatic heterocycles. The third-order valence-electron chi connectivity index (χ3n) is 7.88. The monoisotopic (exact) mass is 603 g/mol. The Balaban J connectivity index is 1.26. The number of aromatic nitrogens is 1. The molecule has 0 radical (unpaired) electrons. The van der Waals surface area contributed by atoms with E-state index < -0.39 is 6.04 Å². The Bertz CT molecular complexity index is 1180. The van der Waals surface area contributed by atoms with Crippen molar-refractivity contribution in [1.82, 2.24) is 15.6 Å². The van der Waals surface area contributed by atoms with Crippen LogP contribution in [0.2, 0.25) is 5.02 Å². The van der Waals surface area contributed by atoms with Crippen molar-refractivity contribution in [2.24, 2.45) is 11.7 Å². The van der Waals surface area contributed by atoms with Gasteiger partial charge in [0, 0.05) is 42.9 Å². The largest absolute Gasteiger partial charge is 0.462 e. The van der Waals surface area contributed by atoms with Gasteiger partial charge in [0.05, 0.1) is 21.3 Å². The van der Waals surface area contributed by atoms with E-state index in [2.05, 4.69) is 20.9 Å². The molecular weight excluding hydrogens is 562 g/mol. The molecule has 2 amide bonds. The van der Waals surface area contributed by atoms with Gasteiger partial charge in [-0.15, -0.1) is 11.3 Å². The number of aryl methyl sites for hydroxylation is 1. The van der Waals surface area contributed by atoms with Crippen molar-refractivity contribution < 1.29 is 19.1 Å². The van der Waals surface area contributed by atoms with Crippen LogP contribution < -0.4 is 21.7 Å². The van der Waals surface area contributed by atoms with Crippen LogP contribution in [-0.2, 0) is 20.9 Å². The molecule has 2 aromatic heterocycles. The lowest BCUT2D eigenvalue weighted by Crippen LogP contribution is -2.54. The Kier molecular flexibility index (Phi) is 11.8. The van der Waals surface area contributed by atoms with Gasteiger partial charge in [0.15, 0.2) is 0 Å². The molecule has 0 saturated heterocycles. The summed E-state index contributed by atoms with van der Waals surface area (Å²) in [6.07, 6.45) is 10.8. The molecule has 2 aliphatic rings. The van der Waals surface area contributed by atoms with E-state index in [1.165, 1.54) is 11.3 Å². The lowest BCUT2D eigenvalue weighted by atomic mass is 9.88. The summed E-state index contributed by atoms with van der Waals surface area (Å²) in [5.74, 6) is -0.162. The fourth-order valence-electron chi connectivity index (χ4n) is 5.42. The van der Waals surface area contributed by atoms with Gasteiger partial charge in [-0.2, -0.15) is 0 Å². The van der Waals surface area contributed by atoms with E-state index in [1.807, 2.05) is 19.1 Å². The van der Waals surface area contributed by atoms with Crippen LogP contribution in [0.4, 0.5) is 5.69 Å². The maximum absolute atomic E-state index is 13.3. The molecule has 11 heteroatoms. The van der Waals surface area contributed by atoms with Crippen molar-refractivity contribution in [2.45, 2.75) is 102 Å². The average Bonchev–Trinajstić information content (AvgIpc) is 3.62. The highest BCUT2D eigenvalue weighted by Gasteiger charge is 2.35. The number of esters is 1. The van der Waals surface area contributed by atoms with E-state index in [0.717, 1.165) is 61.2 Å². The smallest absolute Gasteiger partial charge is 0.306 e. The second-order valence-electron chi connectivity index (χ2n) is 11.2. The van der Waals surface area contributed by atoms with Crippen molar-refractivity contribution in [1.29, 1.82) is 0 Å². The van der Waals surface area contributed by atoms with Crippen molar-refractivity contribution in [3.05, 3.63) is 44.9 Å². The van der Waals surface area contributed by atoms with E-state index in [4.69, 9.17) is 22.1 Å². The normalized spacial score (nSPS) is 19.3. The molecule has 224 valence electrons. The molecular formula is C30H42ClN5O4S. The number of halogens is 1. The summed E-state index contributed by atoms with van der Waals surface area (Å²) in [6, 6.07) is 4.89. The number of nitrogens with one attached hydrogen (secondary N) is 3. The molecule has 2 aliphatic carbocycles. The van der Waals surface area contributed by atoms with Crippen LogP contribution >= 0.6 is 22.9 Å². The van der Waals surface area contributed by atoms with Gasteiger partial charge in [-0.1, -0.05) is 43.7 Å². The predicted octanol–water partition coefficient (Wildman–Crippen LogP) is 5.11. The third-order valence-corrected chi connectivity index (χ3v) is 9.17. The summed E-state index contributed by atoms with van der Waals surface area (Å²) in [7, 11) is 0. The molecule has 4 rings (SSSR count). The summed E-state index contributed by atoms with van der Waals surface area (Å²) in [4.78, 5) is 44.3. The summed E-state index contributed by atoms with van der Waals surface area (Å²) in [5, 5.41) is 9.98. The maximum atomic E-state index is 13.3. The van der Waals surface area contributed by atoms with Gasteiger partial charge < -0.3 is 26.4 Å². The number of hydrogen-bond acceptors (Lipinski definition) is 8. The van der Waals surface area contributed by atoms with Gasteiger partial charge in [-0.05, 0) is 56.8 Å². The maximum Gasteiger partial charge on any atom is 0.306 e. The van der Waals surface area contributed by atoms with Gasteiger partial charge in [0.1, 0.15) is 12.1 Å². The highest BCUT2D eigenvalue weighted by molar-refractivity contribution is 7.14. The number of nitrogens with zero attached hydrogens (tertiary/aromatic N) is 1. The summed E-state index contributed by atoms with van der Waals surface area (Å²) in [6.45, 7) is 3.08. The van der Waals surface area contributed by atoms with E-state index >= 15 is 0 Å². The van der Waals surface area contributed by atoms with E-state index in [-0.39, 0.29) is 29.9 Å². The van der Waals surface area contributed by atoms with E-state index in [0.29, 0.717) is 54.6 Å². The third kappa shape index (κ3) is 9.68. The quantitative estimate of drug-likeness (QED) is 0.164. The van der Waals surface area contributed by atoms with Crippen molar-refractivity contribution in [2.75, 3.05) is 11.9 Å². The van der Waals surface area contributed by atoms with Gasteiger partial charge in [-0.3, -0.25) is 19.4 Å². The highest BCUT2D eigenvalue weighted by Crippen LogP contribution is 2.30. The van der Waals surface area contributed by atoms with Gasteiger partial charge in [0.25, 0.3) is 5.91 Å². The zero-order valence-corrected chi connectivity index (χ0v) is 25.3. The Hall–Kier alpha value is -2.69. The number of thiophene rings is 1. The first-order chi connectivity index (χ1) is 19.8. The van der Waals surface area contributed by atoms with Crippen molar-refractivity contribution >= 4 is 46.4 Å². The number of pyridine rings is 1. The lowest BCUT2D eigenvalue weighted by Gasteiger charge is -2.36. The Morgan fingerprint density at radius 3 is 2.71 bits per heavy atom. The molecule has 5 N–H and O–H groups in total. The van der Waals surface area contributed by atoms with Crippen molar-refractivity contribution in [3.63, 3.8) is 0 Å². The topological polar surface area (TPSA) is 135 Å². The molecule has 9 nitrogen and oxygen atoms in total. The van der Waals surface area contributed by atoms with Gasteiger partial charge >= 0.3 is 5.97 Å². The van der Waals surface area contributed by atoms with Crippen LogP contribution in [0.5, 0.6) is 0 Å². The number of rotatable bonds is 15. The number of carbonyl (C=O) groups excluding carboxylic acids is 3. The van der Waals surface area contributed by atoms with Crippen molar-refractivity contribution in [3.8, 4) is 0 Å². The van der Waals surface area contributed by atoms with Gasteiger partial charge in [-0.25, -0.2) is 0 Å². The number of ether oxygens (including phenoxy) is 1. The number of unbranched alkanes of at least 4 members (excludes halogenated alkanes) is 2. The van der Waals surface area contributed by atoms with Crippen LogP contribution in [0.3, 0.4) is 0 Å². The molecule has 0 spiro atoms. The molecule has 2 aromatic rings. The van der Waals surface area contributed by atoms with Crippen LogP contribution in [0.15, 0.2) is 24.4 Å². The number of anilines is 1. The molecule has 2 saturated carbocycles. The minimum atomic E-state index is -0.599. The first-order valence-corrected chi connectivity index (χ1v) is 16.0. The second-order valence-corrected chi connectivity index (χ2v) is 12.8. The fourth-order valence-corrected chi connectivity index (χ4v) is 6.43. The zero-order chi connectivity index (χ0) is 29.2. The number of hydrogen-bond donors (Lipinski definition) is 4. The summed E-state index contributed by atoms with van der Waals surface area (Å²) in [5.41, 5.74) is 7.19. The Morgan fingerprint density at radius 2 is 1.95 bits per heavy atom. The molecule has 0 bridgehead atoms. The first kappa shape index (κ1) is 31.3. The number of amides is 2. The average molecular weight is 604 g/mol. The molecule has 2 heterocycles. The Labute approximate surface area is 251 Å². The van der Waals surface area contributed by atoms with Crippen LogP contribution in [0.25, 0.3) is 0 Å². The van der Waals surface area contributed by atoms with Crippen LogP contribution in [0.1, 0.15) is 90.9 Å². The molecule has 41 heavy (non-hydrogen) atoms. The minimum Gasteiger partial charge on any atom is -0.462 e. The predicted molar refractivity (Wildman–Crippen MR) is 162 cm³/mol. The number of carbonyl (C=O) groups is 3. The first-order valence-electron chi connectivity index (χ1n) is 14.8. The Morgan fingerprint density at radius 1 is 1.17 bits per heavy atom. The summed E-state index contributed by atoms with van der Waals surface area (Å²) >= 11 is 7.46.